The van der Waals surface area contributed by atoms with Gasteiger partial charge < -0.3 is 24.1 Å². The molecule has 138 valence electrons. The van der Waals surface area contributed by atoms with Crippen molar-refractivity contribution in [3.63, 3.8) is 0 Å². The summed E-state index contributed by atoms with van der Waals surface area (Å²) < 4.78 is 34.7. The minimum atomic E-state index is -0.504. The van der Waals surface area contributed by atoms with Crippen LogP contribution in [-0.4, -0.2) is 24.5 Å². The lowest BCUT2D eigenvalue weighted by Gasteiger charge is -2.06. The Labute approximate surface area is 153 Å². The van der Waals surface area contributed by atoms with E-state index in [1.165, 1.54) is 12.1 Å². The van der Waals surface area contributed by atoms with Crippen LogP contribution < -0.4 is 14.8 Å². The van der Waals surface area contributed by atoms with Gasteiger partial charge in [0.05, 0.1) is 12.3 Å². The summed E-state index contributed by atoms with van der Waals surface area (Å²) in [7, 11) is 0. The van der Waals surface area contributed by atoms with Crippen molar-refractivity contribution in [2.24, 2.45) is 0 Å². The summed E-state index contributed by atoms with van der Waals surface area (Å²) in [6.07, 6.45) is 0. The Morgan fingerprint density at radius 3 is 2.89 bits per heavy atom. The van der Waals surface area contributed by atoms with Gasteiger partial charge in [-0.3, -0.25) is 4.79 Å². The van der Waals surface area contributed by atoms with Gasteiger partial charge in [-0.05, 0) is 30.3 Å². The SMILES string of the molecule is O=C(COCc1cc(-c2ccc3c(c2)OCO3)on1)Nc1ccccc1F. The molecule has 27 heavy (non-hydrogen) atoms. The van der Waals surface area contributed by atoms with Crippen molar-refractivity contribution in [3.8, 4) is 22.8 Å². The number of fused-ring (bicyclic) bond motifs is 1. The maximum Gasteiger partial charge on any atom is 0.250 e. The van der Waals surface area contributed by atoms with Crippen LogP contribution >= 0.6 is 0 Å². The average Bonchev–Trinajstić information content (AvgIpc) is 3.32. The summed E-state index contributed by atoms with van der Waals surface area (Å²) in [5, 5.41) is 6.36. The van der Waals surface area contributed by atoms with Gasteiger partial charge in [-0.2, -0.15) is 0 Å². The Hall–Kier alpha value is -3.39. The van der Waals surface area contributed by atoms with Crippen LogP contribution in [0.5, 0.6) is 11.5 Å². The molecular weight excluding hydrogens is 355 g/mol. The molecule has 0 spiro atoms. The van der Waals surface area contributed by atoms with Gasteiger partial charge in [0, 0.05) is 11.6 Å². The van der Waals surface area contributed by atoms with Gasteiger partial charge in [0.25, 0.3) is 0 Å². The van der Waals surface area contributed by atoms with Crippen molar-refractivity contribution in [1.82, 2.24) is 5.16 Å². The number of hydrogen-bond acceptors (Lipinski definition) is 6. The molecule has 1 aliphatic rings. The second kappa shape index (κ2) is 7.46. The van der Waals surface area contributed by atoms with Crippen molar-refractivity contribution in [2.45, 2.75) is 6.61 Å². The zero-order chi connectivity index (χ0) is 18.6. The molecule has 0 unspecified atom stereocenters. The summed E-state index contributed by atoms with van der Waals surface area (Å²) in [6, 6.07) is 13.1. The quantitative estimate of drug-likeness (QED) is 0.716. The summed E-state index contributed by atoms with van der Waals surface area (Å²) in [4.78, 5) is 11.8. The lowest BCUT2D eigenvalue weighted by Crippen LogP contribution is -2.18. The second-order valence-electron chi connectivity index (χ2n) is 5.77. The van der Waals surface area contributed by atoms with E-state index in [0.717, 1.165) is 5.56 Å². The normalized spacial score (nSPS) is 12.2. The fourth-order valence-corrected chi connectivity index (χ4v) is 2.56. The highest BCUT2D eigenvalue weighted by molar-refractivity contribution is 5.91. The van der Waals surface area contributed by atoms with Crippen molar-refractivity contribution in [2.75, 3.05) is 18.7 Å². The number of nitrogens with zero attached hydrogens (tertiary/aromatic N) is 1. The van der Waals surface area contributed by atoms with E-state index < -0.39 is 11.7 Å². The number of carbonyl (C=O) groups is 1. The first-order valence-corrected chi connectivity index (χ1v) is 8.17. The van der Waals surface area contributed by atoms with Gasteiger partial charge in [0.1, 0.15) is 18.1 Å². The standard InChI is InChI=1S/C19H15FN2O5/c20-14-3-1-2-4-15(14)21-19(23)10-24-9-13-8-17(27-22-13)12-5-6-16-18(7-12)26-11-25-16/h1-8H,9-11H2,(H,21,23). The van der Waals surface area contributed by atoms with E-state index in [1.54, 1.807) is 30.3 Å². The van der Waals surface area contributed by atoms with Gasteiger partial charge in [-0.1, -0.05) is 17.3 Å². The van der Waals surface area contributed by atoms with E-state index in [4.69, 9.17) is 18.7 Å². The first kappa shape index (κ1) is 17.0. The molecule has 8 heteroatoms. The largest absolute Gasteiger partial charge is 0.454 e. The minimum Gasteiger partial charge on any atom is -0.454 e. The highest BCUT2D eigenvalue weighted by atomic mass is 19.1. The summed E-state index contributed by atoms with van der Waals surface area (Å²) in [5.41, 5.74) is 1.43. The van der Waals surface area contributed by atoms with E-state index >= 15 is 0 Å². The molecule has 2 heterocycles. The second-order valence-corrected chi connectivity index (χ2v) is 5.77. The van der Waals surface area contributed by atoms with Gasteiger partial charge in [0.15, 0.2) is 17.3 Å². The van der Waals surface area contributed by atoms with Crippen LogP contribution in [0.3, 0.4) is 0 Å². The molecule has 3 aromatic rings. The molecule has 0 saturated carbocycles. The summed E-state index contributed by atoms with van der Waals surface area (Å²) in [6.45, 7) is 0.0442. The van der Waals surface area contributed by atoms with E-state index in [-0.39, 0.29) is 25.7 Å². The predicted molar refractivity (Wildman–Crippen MR) is 92.7 cm³/mol. The topological polar surface area (TPSA) is 82.8 Å². The lowest BCUT2D eigenvalue weighted by molar-refractivity contribution is -0.121. The molecule has 7 nitrogen and oxygen atoms in total. The van der Waals surface area contributed by atoms with E-state index in [9.17, 15) is 9.18 Å². The fraction of sp³-hybridized carbons (Fsp3) is 0.158. The number of rotatable bonds is 6. The van der Waals surface area contributed by atoms with Gasteiger partial charge in [-0.25, -0.2) is 4.39 Å². The molecule has 4 rings (SSSR count). The molecule has 0 radical (unpaired) electrons. The van der Waals surface area contributed by atoms with Gasteiger partial charge in [0.2, 0.25) is 12.7 Å². The van der Waals surface area contributed by atoms with Crippen molar-refractivity contribution in [3.05, 3.63) is 60.0 Å². The molecular formula is C19H15FN2O5. The molecule has 1 amide bonds. The molecule has 0 atom stereocenters. The maximum absolute atomic E-state index is 13.5. The third-order valence-electron chi connectivity index (χ3n) is 3.85. The molecule has 2 aromatic carbocycles. The predicted octanol–water partition coefficient (Wildman–Crippen LogP) is 3.36. The number of amides is 1. The molecule has 0 aliphatic carbocycles. The number of anilines is 1. The number of hydrogen-bond donors (Lipinski definition) is 1. The molecule has 1 aliphatic heterocycles. The maximum atomic E-state index is 13.5. The number of para-hydroxylation sites is 1. The number of aromatic nitrogens is 1. The highest BCUT2D eigenvalue weighted by Crippen LogP contribution is 2.36. The van der Waals surface area contributed by atoms with E-state index in [1.807, 2.05) is 6.07 Å². The third kappa shape index (κ3) is 3.90. The molecule has 0 saturated heterocycles. The van der Waals surface area contributed by atoms with Crippen LogP contribution in [0.4, 0.5) is 10.1 Å². The van der Waals surface area contributed by atoms with Crippen molar-refractivity contribution < 1.29 is 27.9 Å². The summed E-state index contributed by atoms with van der Waals surface area (Å²) in [5.74, 6) is 0.909. The lowest BCUT2D eigenvalue weighted by atomic mass is 10.1. The number of nitrogens with one attached hydrogen (secondary N) is 1. The molecule has 1 N–H and O–H groups in total. The molecule has 0 bridgehead atoms. The smallest absolute Gasteiger partial charge is 0.250 e. The zero-order valence-electron chi connectivity index (χ0n) is 14.1. The molecule has 0 fully saturated rings. The van der Waals surface area contributed by atoms with Crippen LogP contribution in [0.1, 0.15) is 5.69 Å². The first-order chi connectivity index (χ1) is 13.2. The first-order valence-electron chi connectivity index (χ1n) is 8.17. The number of halogens is 1. The van der Waals surface area contributed by atoms with Crippen LogP contribution in [0.25, 0.3) is 11.3 Å². The summed E-state index contributed by atoms with van der Waals surface area (Å²) >= 11 is 0. The number of ether oxygens (including phenoxy) is 3. The number of benzene rings is 2. The Bertz CT molecular complexity index is 972. The Morgan fingerprint density at radius 2 is 2.00 bits per heavy atom. The highest BCUT2D eigenvalue weighted by Gasteiger charge is 2.16. The Morgan fingerprint density at radius 1 is 1.15 bits per heavy atom. The molecule has 1 aromatic heterocycles. The minimum absolute atomic E-state index is 0.0821. The van der Waals surface area contributed by atoms with E-state index in [2.05, 4.69) is 10.5 Å². The van der Waals surface area contributed by atoms with Crippen LogP contribution in [-0.2, 0) is 16.1 Å². The van der Waals surface area contributed by atoms with Gasteiger partial charge in [-0.15, -0.1) is 0 Å². The van der Waals surface area contributed by atoms with Crippen LogP contribution in [0, 0.1) is 5.82 Å². The monoisotopic (exact) mass is 370 g/mol. The zero-order valence-corrected chi connectivity index (χ0v) is 14.1. The fourth-order valence-electron chi connectivity index (χ4n) is 2.56. The van der Waals surface area contributed by atoms with Crippen molar-refractivity contribution in [1.29, 1.82) is 0 Å². The van der Waals surface area contributed by atoms with Crippen molar-refractivity contribution >= 4 is 11.6 Å². The van der Waals surface area contributed by atoms with Crippen LogP contribution in [0.15, 0.2) is 53.1 Å². The average molecular weight is 370 g/mol. The van der Waals surface area contributed by atoms with Crippen LogP contribution in [0.2, 0.25) is 0 Å². The third-order valence-corrected chi connectivity index (χ3v) is 3.85. The van der Waals surface area contributed by atoms with E-state index in [0.29, 0.717) is 23.0 Å². The Balaban J connectivity index is 1.31. The number of carbonyl (C=O) groups excluding carboxylic acids is 1. The van der Waals surface area contributed by atoms with Gasteiger partial charge >= 0.3 is 0 Å². The Kier molecular flexibility index (Phi) is 4.71.